The molecule has 33 heavy (non-hydrogen) atoms. The number of benzene rings is 2. The summed E-state index contributed by atoms with van der Waals surface area (Å²) in [6.45, 7) is 5.44. The first-order chi connectivity index (χ1) is 15.6. The maximum Gasteiger partial charge on any atom is 0.420 e. The van der Waals surface area contributed by atoms with Gasteiger partial charge in [0.15, 0.2) is 0 Å². The Morgan fingerprint density at radius 2 is 1.70 bits per heavy atom. The number of hydrogen-bond acceptors (Lipinski definition) is 3. The molecule has 0 unspecified atom stereocenters. The Morgan fingerprint density at radius 1 is 1.06 bits per heavy atom. The molecule has 0 aliphatic heterocycles. The van der Waals surface area contributed by atoms with Gasteiger partial charge in [0.1, 0.15) is 11.3 Å². The molecule has 0 aliphatic rings. The normalized spacial score (nSPS) is 10.8. The van der Waals surface area contributed by atoms with Gasteiger partial charge in [0.05, 0.1) is 16.3 Å². The fraction of sp³-hybridized carbons (Fsp3) is 0.261. The molecule has 6 nitrogen and oxygen atoms in total. The van der Waals surface area contributed by atoms with E-state index < -0.39 is 29.2 Å². The quantitative estimate of drug-likeness (QED) is 0.498. The van der Waals surface area contributed by atoms with Gasteiger partial charge in [0.2, 0.25) is 0 Å². The first-order valence-electron chi connectivity index (χ1n) is 10.1. The van der Waals surface area contributed by atoms with Gasteiger partial charge < -0.3 is 10.6 Å². The SMILES string of the molecule is CC.Cc1nn(C)c(C(=O)Nc2ccc(Cl)c(C(=O)NCc3ccccc3)c2)c1C(F)(F)F. The molecule has 0 saturated heterocycles. The molecule has 0 aliphatic carbocycles. The van der Waals surface area contributed by atoms with Crippen molar-refractivity contribution in [2.45, 2.75) is 33.5 Å². The Labute approximate surface area is 194 Å². The summed E-state index contributed by atoms with van der Waals surface area (Å²) in [7, 11) is 1.25. The highest BCUT2D eigenvalue weighted by atomic mass is 35.5. The van der Waals surface area contributed by atoms with Crippen molar-refractivity contribution in [3.63, 3.8) is 0 Å². The van der Waals surface area contributed by atoms with E-state index in [-0.39, 0.29) is 28.5 Å². The number of alkyl halides is 3. The van der Waals surface area contributed by atoms with Crippen LogP contribution in [-0.2, 0) is 19.8 Å². The van der Waals surface area contributed by atoms with Gasteiger partial charge in [-0.25, -0.2) is 0 Å². The molecule has 10 heteroatoms. The summed E-state index contributed by atoms with van der Waals surface area (Å²) in [4.78, 5) is 25.1. The van der Waals surface area contributed by atoms with Crippen molar-refractivity contribution in [1.82, 2.24) is 15.1 Å². The topological polar surface area (TPSA) is 76.0 Å². The summed E-state index contributed by atoms with van der Waals surface area (Å²) in [5.41, 5.74) is -0.976. The van der Waals surface area contributed by atoms with Crippen molar-refractivity contribution in [3.05, 3.63) is 81.6 Å². The molecule has 0 fully saturated rings. The van der Waals surface area contributed by atoms with Crippen LogP contribution in [-0.4, -0.2) is 21.6 Å². The number of carbonyl (C=O) groups is 2. The molecule has 0 bridgehead atoms. The number of aromatic nitrogens is 2. The summed E-state index contributed by atoms with van der Waals surface area (Å²) in [6.07, 6.45) is -4.74. The van der Waals surface area contributed by atoms with E-state index in [1.165, 1.54) is 32.2 Å². The Hall–Kier alpha value is -3.33. The molecule has 176 valence electrons. The van der Waals surface area contributed by atoms with Crippen molar-refractivity contribution < 1.29 is 22.8 Å². The summed E-state index contributed by atoms with van der Waals surface area (Å²) in [6, 6.07) is 13.3. The second-order valence-electron chi connectivity index (χ2n) is 6.75. The number of carbonyl (C=O) groups excluding carboxylic acids is 2. The summed E-state index contributed by atoms with van der Waals surface area (Å²) in [5.74, 6) is -1.49. The summed E-state index contributed by atoms with van der Waals surface area (Å²) in [5, 5.41) is 8.93. The number of rotatable bonds is 5. The lowest BCUT2D eigenvalue weighted by molar-refractivity contribution is -0.138. The maximum atomic E-state index is 13.4. The molecule has 0 atom stereocenters. The number of nitrogens with zero attached hydrogens (tertiary/aromatic N) is 2. The molecule has 0 radical (unpaired) electrons. The van der Waals surface area contributed by atoms with Crippen LogP contribution in [0.5, 0.6) is 0 Å². The van der Waals surface area contributed by atoms with Crippen molar-refractivity contribution in [2.75, 3.05) is 5.32 Å². The molecular weight excluding hydrogens is 457 g/mol. The third kappa shape index (κ3) is 6.35. The zero-order valence-electron chi connectivity index (χ0n) is 18.5. The fourth-order valence-corrected chi connectivity index (χ4v) is 3.30. The highest BCUT2D eigenvalue weighted by Crippen LogP contribution is 2.34. The van der Waals surface area contributed by atoms with E-state index >= 15 is 0 Å². The molecule has 2 N–H and O–H groups in total. The van der Waals surface area contributed by atoms with Gasteiger partial charge in [-0.2, -0.15) is 18.3 Å². The highest BCUT2D eigenvalue weighted by Gasteiger charge is 2.40. The number of nitrogens with one attached hydrogen (secondary N) is 2. The Balaban J connectivity index is 0.00000187. The molecule has 1 aromatic heterocycles. The van der Waals surface area contributed by atoms with E-state index in [4.69, 9.17) is 11.6 Å². The van der Waals surface area contributed by atoms with Gasteiger partial charge in [0, 0.05) is 19.3 Å². The fourth-order valence-electron chi connectivity index (χ4n) is 3.10. The Bertz CT molecular complexity index is 1130. The lowest BCUT2D eigenvalue weighted by Gasteiger charge is -2.12. The zero-order valence-corrected chi connectivity index (χ0v) is 19.3. The van der Waals surface area contributed by atoms with Crippen LogP contribution in [0.15, 0.2) is 48.5 Å². The van der Waals surface area contributed by atoms with E-state index in [1.807, 2.05) is 44.2 Å². The molecule has 3 aromatic rings. The predicted octanol–water partition coefficient (Wildman–Crippen LogP) is 5.61. The molecule has 3 rings (SSSR count). The smallest absolute Gasteiger partial charge is 0.348 e. The third-order valence-electron chi connectivity index (χ3n) is 4.49. The van der Waals surface area contributed by atoms with E-state index in [9.17, 15) is 22.8 Å². The average molecular weight is 481 g/mol. The second-order valence-corrected chi connectivity index (χ2v) is 7.15. The van der Waals surface area contributed by atoms with Crippen LogP contribution in [0.4, 0.5) is 18.9 Å². The second kappa shape index (κ2) is 11.0. The number of aryl methyl sites for hydroxylation is 2. The zero-order chi connectivity index (χ0) is 24.8. The van der Waals surface area contributed by atoms with Crippen molar-refractivity contribution in [3.8, 4) is 0 Å². The van der Waals surface area contributed by atoms with Gasteiger partial charge in [-0.05, 0) is 30.7 Å². The molecule has 2 amide bonds. The van der Waals surface area contributed by atoms with Gasteiger partial charge >= 0.3 is 6.18 Å². The van der Waals surface area contributed by atoms with Crippen LogP contribution >= 0.6 is 11.6 Å². The van der Waals surface area contributed by atoms with E-state index in [0.29, 0.717) is 0 Å². The van der Waals surface area contributed by atoms with Crippen LogP contribution in [0.2, 0.25) is 5.02 Å². The molecular formula is C23H24ClF3N4O2. The molecule has 1 heterocycles. The maximum absolute atomic E-state index is 13.4. The standard InChI is InChI=1S/C21H18ClF3N4O2.C2H6/c1-12-17(21(23,24)25)18(29(2)28-12)20(31)27-14-8-9-16(22)15(10-14)19(30)26-11-13-6-4-3-5-7-13;1-2/h3-10H,11H2,1-2H3,(H,26,30)(H,27,31);1-2H3. The predicted molar refractivity (Wildman–Crippen MR) is 121 cm³/mol. The summed E-state index contributed by atoms with van der Waals surface area (Å²) >= 11 is 6.10. The minimum absolute atomic E-state index is 0.0765. The first-order valence-corrected chi connectivity index (χ1v) is 10.5. The minimum atomic E-state index is -4.74. The van der Waals surface area contributed by atoms with Gasteiger partial charge in [0.25, 0.3) is 11.8 Å². The van der Waals surface area contributed by atoms with Gasteiger partial charge in [-0.15, -0.1) is 0 Å². The first kappa shape index (κ1) is 25.9. The van der Waals surface area contributed by atoms with Crippen LogP contribution in [0.25, 0.3) is 0 Å². The van der Waals surface area contributed by atoms with E-state index in [2.05, 4.69) is 15.7 Å². The average Bonchev–Trinajstić information content (AvgIpc) is 3.09. The monoisotopic (exact) mass is 480 g/mol. The molecule has 2 aromatic carbocycles. The molecule has 0 spiro atoms. The van der Waals surface area contributed by atoms with E-state index in [1.54, 1.807) is 0 Å². The number of amides is 2. The van der Waals surface area contributed by atoms with Crippen molar-refractivity contribution >= 4 is 29.1 Å². The number of halogens is 4. The van der Waals surface area contributed by atoms with Crippen LogP contribution in [0.3, 0.4) is 0 Å². The van der Waals surface area contributed by atoms with Crippen molar-refractivity contribution in [2.24, 2.45) is 7.05 Å². The van der Waals surface area contributed by atoms with Crippen molar-refractivity contribution in [1.29, 1.82) is 0 Å². The number of anilines is 1. The van der Waals surface area contributed by atoms with Crippen LogP contribution in [0, 0.1) is 6.92 Å². The van der Waals surface area contributed by atoms with E-state index in [0.717, 1.165) is 10.2 Å². The highest BCUT2D eigenvalue weighted by molar-refractivity contribution is 6.34. The number of hydrogen-bond donors (Lipinski definition) is 2. The largest absolute Gasteiger partial charge is 0.420 e. The van der Waals surface area contributed by atoms with Crippen LogP contribution in [0.1, 0.15) is 51.5 Å². The molecule has 0 saturated carbocycles. The van der Waals surface area contributed by atoms with Gasteiger partial charge in [-0.1, -0.05) is 55.8 Å². The minimum Gasteiger partial charge on any atom is -0.348 e. The summed E-state index contributed by atoms with van der Waals surface area (Å²) < 4.78 is 41.0. The van der Waals surface area contributed by atoms with Crippen LogP contribution < -0.4 is 10.6 Å². The lowest BCUT2D eigenvalue weighted by atomic mass is 10.1. The Morgan fingerprint density at radius 3 is 2.30 bits per heavy atom. The Kier molecular flexibility index (Phi) is 8.64. The van der Waals surface area contributed by atoms with Gasteiger partial charge in [-0.3, -0.25) is 14.3 Å². The third-order valence-corrected chi connectivity index (χ3v) is 4.82. The lowest BCUT2D eigenvalue weighted by Crippen LogP contribution is -2.24.